The Balaban J connectivity index is 2.63. The number of piperidine rings is 1. The molecule has 0 aromatic heterocycles. The highest BCUT2D eigenvalue weighted by molar-refractivity contribution is 5.82. The van der Waals surface area contributed by atoms with E-state index in [1.54, 1.807) is 0 Å². The Morgan fingerprint density at radius 2 is 1.83 bits per heavy atom. The molecular weight excluding hydrogens is 224 g/mol. The van der Waals surface area contributed by atoms with Crippen molar-refractivity contribution in [1.29, 1.82) is 0 Å². The van der Waals surface area contributed by atoms with Gasteiger partial charge in [-0.25, -0.2) is 0 Å². The van der Waals surface area contributed by atoms with Gasteiger partial charge in [0, 0.05) is 11.5 Å². The van der Waals surface area contributed by atoms with Crippen molar-refractivity contribution >= 4 is 5.91 Å². The summed E-state index contributed by atoms with van der Waals surface area (Å²) in [7, 11) is 0. The van der Waals surface area contributed by atoms with Gasteiger partial charge in [-0.1, -0.05) is 27.7 Å². The van der Waals surface area contributed by atoms with Crippen LogP contribution >= 0.6 is 0 Å². The molecule has 2 N–H and O–H groups in total. The van der Waals surface area contributed by atoms with Gasteiger partial charge in [-0.2, -0.15) is 0 Å². The molecule has 1 aliphatic rings. The van der Waals surface area contributed by atoms with E-state index in [4.69, 9.17) is 0 Å². The molecule has 1 heterocycles. The molecule has 1 aliphatic heterocycles. The molecule has 0 aliphatic carbocycles. The summed E-state index contributed by atoms with van der Waals surface area (Å²) in [5.41, 5.74) is -0.154. The number of rotatable bonds is 6. The summed E-state index contributed by atoms with van der Waals surface area (Å²) in [4.78, 5) is 12.6. The molecule has 1 saturated heterocycles. The normalized spacial score (nSPS) is 18.1. The molecule has 0 unspecified atom stereocenters. The topological polar surface area (TPSA) is 41.1 Å². The average molecular weight is 254 g/mol. The van der Waals surface area contributed by atoms with Crippen molar-refractivity contribution in [3.63, 3.8) is 0 Å². The Hall–Kier alpha value is -0.570. The van der Waals surface area contributed by atoms with E-state index >= 15 is 0 Å². The molecule has 1 amide bonds. The standard InChI is InChI=1S/C15H30N2O/c1-5-15(6-2,11-12(3)4)14(18)17-13-7-9-16-10-8-13/h12-13,16H,5-11H2,1-4H3,(H,17,18). The second-order valence-corrected chi connectivity index (χ2v) is 6.08. The smallest absolute Gasteiger partial charge is 0.226 e. The average Bonchev–Trinajstić information content (AvgIpc) is 2.36. The molecule has 3 nitrogen and oxygen atoms in total. The van der Waals surface area contributed by atoms with Gasteiger partial charge < -0.3 is 10.6 Å². The molecular formula is C15H30N2O. The lowest BCUT2D eigenvalue weighted by Gasteiger charge is -2.35. The van der Waals surface area contributed by atoms with Crippen molar-refractivity contribution in [3.05, 3.63) is 0 Å². The maximum Gasteiger partial charge on any atom is 0.226 e. The quantitative estimate of drug-likeness (QED) is 0.765. The molecule has 0 aromatic rings. The van der Waals surface area contributed by atoms with Gasteiger partial charge in [-0.15, -0.1) is 0 Å². The van der Waals surface area contributed by atoms with Crippen LogP contribution in [0.15, 0.2) is 0 Å². The summed E-state index contributed by atoms with van der Waals surface area (Å²) in [6.45, 7) is 10.8. The van der Waals surface area contributed by atoms with E-state index in [-0.39, 0.29) is 11.3 Å². The number of hydrogen-bond donors (Lipinski definition) is 2. The zero-order valence-electron chi connectivity index (χ0n) is 12.5. The third-order valence-electron chi connectivity index (χ3n) is 4.31. The van der Waals surface area contributed by atoms with Gasteiger partial charge in [0.25, 0.3) is 0 Å². The minimum absolute atomic E-state index is 0.154. The van der Waals surface area contributed by atoms with Crippen LogP contribution in [-0.2, 0) is 4.79 Å². The van der Waals surface area contributed by atoms with Gasteiger partial charge >= 0.3 is 0 Å². The van der Waals surface area contributed by atoms with Crippen molar-refractivity contribution in [1.82, 2.24) is 10.6 Å². The van der Waals surface area contributed by atoms with Crippen molar-refractivity contribution < 1.29 is 4.79 Å². The number of hydrogen-bond acceptors (Lipinski definition) is 2. The number of carbonyl (C=O) groups excluding carboxylic acids is 1. The predicted octanol–water partition coefficient (Wildman–Crippen LogP) is 2.71. The Morgan fingerprint density at radius 1 is 1.28 bits per heavy atom. The van der Waals surface area contributed by atoms with E-state index in [1.807, 2.05) is 0 Å². The van der Waals surface area contributed by atoms with Crippen molar-refractivity contribution in [2.45, 2.75) is 65.8 Å². The third-order valence-corrected chi connectivity index (χ3v) is 4.31. The second kappa shape index (κ2) is 7.13. The Kier molecular flexibility index (Phi) is 6.13. The minimum atomic E-state index is -0.154. The van der Waals surface area contributed by atoms with Gasteiger partial charge in [-0.3, -0.25) is 4.79 Å². The lowest BCUT2D eigenvalue weighted by atomic mass is 9.74. The van der Waals surface area contributed by atoms with Crippen LogP contribution in [0.4, 0.5) is 0 Å². The maximum atomic E-state index is 12.6. The SMILES string of the molecule is CCC(CC)(CC(C)C)C(=O)NC1CCNCC1. The van der Waals surface area contributed by atoms with Crippen molar-refractivity contribution in [2.24, 2.45) is 11.3 Å². The largest absolute Gasteiger partial charge is 0.353 e. The molecule has 0 atom stereocenters. The lowest BCUT2D eigenvalue weighted by molar-refractivity contribution is -0.133. The van der Waals surface area contributed by atoms with Crippen LogP contribution in [0, 0.1) is 11.3 Å². The summed E-state index contributed by atoms with van der Waals surface area (Å²) in [5.74, 6) is 0.858. The summed E-state index contributed by atoms with van der Waals surface area (Å²) in [6.07, 6.45) is 5.02. The highest BCUT2D eigenvalue weighted by atomic mass is 16.2. The molecule has 0 aromatic carbocycles. The van der Waals surface area contributed by atoms with Crippen LogP contribution in [-0.4, -0.2) is 25.0 Å². The minimum Gasteiger partial charge on any atom is -0.353 e. The fourth-order valence-electron chi connectivity index (χ4n) is 3.04. The molecule has 106 valence electrons. The molecule has 1 fully saturated rings. The zero-order valence-corrected chi connectivity index (χ0v) is 12.5. The van der Waals surface area contributed by atoms with Crippen LogP contribution in [0.2, 0.25) is 0 Å². The van der Waals surface area contributed by atoms with Gasteiger partial charge in [0.1, 0.15) is 0 Å². The third kappa shape index (κ3) is 3.98. The second-order valence-electron chi connectivity index (χ2n) is 6.08. The molecule has 0 bridgehead atoms. The van der Waals surface area contributed by atoms with Crippen LogP contribution in [0.1, 0.15) is 59.8 Å². The van der Waals surface area contributed by atoms with E-state index < -0.39 is 0 Å². The Bertz CT molecular complexity index is 253. The first kappa shape index (κ1) is 15.5. The summed E-state index contributed by atoms with van der Waals surface area (Å²) >= 11 is 0. The first-order valence-electron chi connectivity index (χ1n) is 7.55. The molecule has 0 radical (unpaired) electrons. The first-order valence-corrected chi connectivity index (χ1v) is 7.55. The van der Waals surface area contributed by atoms with Gasteiger partial charge in [0.15, 0.2) is 0 Å². The number of amides is 1. The summed E-state index contributed by atoms with van der Waals surface area (Å²) in [5, 5.41) is 6.62. The van der Waals surface area contributed by atoms with Crippen molar-refractivity contribution in [3.8, 4) is 0 Å². The Labute approximate surface area is 112 Å². The van der Waals surface area contributed by atoms with Crippen LogP contribution in [0.25, 0.3) is 0 Å². The van der Waals surface area contributed by atoms with Gasteiger partial charge in [0.2, 0.25) is 5.91 Å². The summed E-state index contributed by atoms with van der Waals surface area (Å²) in [6, 6.07) is 0.378. The van der Waals surface area contributed by atoms with Crippen molar-refractivity contribution in [2.75, 3.05) is 13.1 Å². The fourth-order valence-corrected chi connectivity index (χ4v) is 3.04. The fraction of sp³-hybridized carbons (Fsp3) is 0.933. The van der Waals surface area contributed by atoms with E-state index in [0.29, 0.717) is 12.0 Å². The zero-order chi connectivity index (χ0) is 13.6. The van der Waals surface area contributed by atoms with E-state index in [1.165, 1.54) is 0 Å². The number of nitrogens with one attached hydrogen (secondary N) is 2. The molecule has 3 heteroatoms. The molecule has 1 rings (SSSR count). The maximum absolute atomic E-state index is 12.6. The summed E-state index contributed by atoms with van der Waals surface area (Å²) < 4.78 is 0. The molecule has 0 saturated carbocycles. The highest BCUT2D eigenvalue weighted by Gasteiger charge is 2.36. The van der Waals surface area contributed by atoms with Crippen LogP contribution < -0.4 is 10.6 Å². The van der Waals surface area contributed by atoms with E-state index in [0.717, 1.165) is 45.2 Å². The van der Waals surface area contributed by atoms with E-state index in [2.05, 4.69) is 38.3 Å². The predicted molar refractivity (Wildman–Crippen MR) is 76.5 cm³/mol. The van der Waals surface area contributed by atoms with E-state index in [9.17, 15) is 4.79 Å². The molecule has 18 heavy (non-hydrogen) atoms. The van der Waals surface area contributed by atoms with Gasteiger partial charge in [-0.05, 0) is 51.1 Å². The van der Waals surface area contributed by atoms with Crippen LogP contribution in [0.3, 0.4) is 0 Å². The highest BCUT2D eigenvalue weighted by Crippen LogP contribution is 2.34. The molecule has 0 spiro atoms. The monoisotopic (exact) mass is 254 g/mol. The lowest BCUT2D eigenvalue weighted by Crippen LogP contribution is -2.49. The van der Waals surface area contributed by atoms with Gasteiger partial charge in [0.05, 0.1) is 0 Å². The van der Waals surface area contributed by atoms with Crippen LogP contribution in [0.5, 0.6) is 0 Å². The Morgan fingerprint density at radius 3 is 2.28 bits per heavy atom. The first-order chi connectivity index (χ1) is 8.54. The number of carbonyl (C=O) groups is 1.